The van der Waals surface area contributed by atoms with E-state index in [0.29, 0.717) is 51.6 Å². The number of piperazine rings is 1. The van der Waals surface area contributed by atoms with Crippen molar-refractivity contribution in [2.75, 3.05) is 57.8 Å². The normalized spacial score (nSPS) is 19.7. The van der Waals surface area contributed by atoms with Crippen LogP contribution in [0, 0.1) is 11.7 Å². The summed E-state index contributed by atoms with van der Waals surface area (Å²) < 4.78 is 45.1. The summed E-state index contributed by atoms with van der Waals surface area (Å²) >= 11 is 0. The number of halogens is 1. The molecule has 2 fully saturated rings. The fraction of sp³-hybridized carbons (Fsp3) is 0.417. The van der Waals surface area contributed by atoms with Gasteiger partial charge in [0, 0.05) is 57.9 Å². The molecule has 188 valence electrons. The van der Waals surface area contributed by atoms with E-state index in [0.717, 1.165) is 17.8 Å². The number of methoxy groups -OCH3 is 1. The van der Waals surface area contributed by atoms with Gasteiger partial charge in [0.2, 0.25) is 21.8 Å². The molecule has 1 unspecified atom stereocenters. The molecule has 0 bridgehead atoms. The first-order valence-electron chi connectivity index (χ1n) is 11.5. The Morgan fingerprint density at radius 1 is 1.06 bits per heavy atom. The average Bonchev–Trinajstić information content (AvgIpc) is 3.26. The summed E-state index contributed by atoms with van der Waals surface area (Å²) in [6.07, 6.45) is 0.164. The zero-order valence-electron chi connectivity index (χ0n) is 19.5. The molecule has 2 aromatic carbocycles. The molecule has 0 radical (unpaired) electrons. The van der Waals surface area contributed by atoms with Crippen molar-refractivity contribution in [1.29, 1.82) is 0 Å². The van der Waals surface area contributed by atoms with Crippen molar-refractivity contribution in [3.8, 4) is 5.75 Å². The molecule has 2 aromatic rings. The Balaban J connectivity index is 1.21. The molecule has 4 rings (SSSR count). The minimum absolute atomic E-state index is 0.0782. The van der Waals surface area contributed by atoms with Gasteiger partial charge in [-0.25, -0.2) is 12.8 Å². The maximum absolute atomic E-state index is 13.1. The second-order valence-corrected chi connectivity index (χ2v) is 10.5. The van der Waals surface area contributed by atoms with Gasteiger partial charge in [0.05, 0.1) is 17.9 Å². The number of hydrogen-bond donors (Lipinski definition) is 1. The molecule has 0 spiro atoms. The third-order valence-corrected chi connectivity index (χ3v) is 8.30. The van der Waals surface area contributed by atoms with Gasteiger partial charge in [0.1, 0.15) is 11.6 Å². The Labute approximate surface area is 204 Å². The third kappa shape index (κ3) is 5.80. The Morgan fingerprint density at radius 3 is 2.34 bits per heavy atom. The average molecular weight is 505 g/mol. The van der Waals surface area contributed by atoms with Crippen LogP contribution in [-0.2, 0) is 19.6 Å². The quantitative estimate of drug-likeness (QED) is 0.582. The lowest BCUT2D eigenvalue weighted by atomic mass is 10.1. The Hall–Kier alpha value is -3.02. The van der Waals surface area contributed by atoms with Gasteiger partial charge in [-0.05, 0) is 48.5 Å². The van der Waals surface area contributed by atoms with E-state index >= 15 is 0 Å². The summed E-state index contributed by atoms with van der Waals surface area (Å²) in [7, 11) is -2.08. The number of ether oxygens (including phenoxy) is 1. The molecule has 0 aromatic heterocycles. The smallest absolute Gasteiger partial charge is 0.243 e. The van der Waals surface area contributed by atoms with Crippen LogP contribution in [0.25, 0.3) is 0 Å². The molecule has 0 aliphatic carbocycles. The van der Waals surface area contributed by atoms with Crippen molar-refractivity contribution >= 4 is 27.5 Å². The van der Waals surface area contributed by atoms with E-state index in [4.69, 9.17) is 4.74 Å². The van der Waals surface area contributed by atoms with Crippen molar-refractivity contribution < 1.29 is 27.1 Å². The Kier molecular flexibility index (Phi) is 7.68. The predicted octanol–water partition coefficient (Wildman–Crippen LogP) is 1.31. The maximum Gasteiger partial charge on any atom is 0.243 e. The second-order valence-electron chi connectivity index (χ2n) is 8.59. The van der Waals surface area contributed by atoms with E-state index in [1.165, 1.54) is 16.4 Å². The zero-order valence-corrected chi connectivity index (χ0v) is 20.3. The molecule has 0 saturated carbocycles. The van der Waals surface area contributed by atoms with Crippen LogP contribution in [0.3, 0.4) is 0 Å². The van der Waals surface area contributed by atoms with Crippen LogP contribution in [0.1, 0.15) is 6.42 Å². The molecule has 9 nitrogen and oxygen atoms in total. The molecule has 11 heteroatoms. The minimum Gasteiger partial charge on any atom is -0.497 e. The van der Waals surface area contributed by atoms with Crippen LogP contribution in [-0.4, -0.2) is 82.4 Å². The third-order valence-electron chi connectivity index (χ3n) is 6.39. The topological polar surface area (TPSA) is 99.3 Å². The number of benzene rings is 2. The Morgan fingerprint density at radius 2 is 1.71 bits per heavy atom. The largest absolute Gasteiger partial charge is 0.497 e. The molecule has 2 saturated heterocycles. The standard InChI is InChI=1S/C24H29FN4O5S/c1-34-21-6-4-20(5-7-21)29-17-18(16-23(29)30)24(31)26-10-11-27-12-14-28(15-13-27)35(32,33)22-8-2-19(25)3-9-22/h2-9,18H,10-17H2,1H3,(H,26,31). The van der Waals surface area contributed by atoms with E-state index in [1.54, 1.807) is 36.3 Å². The maximum atomic E-state index is 13.1. The second kappa shape index (κ2) is 10.7. The number of rotatable bonds is 8. The molecule has 2 heterocycles. The Bertz CT molecular complexity index is 1150. The van der Waals surface area contributed by atoms with Crippen molar-refractivity contribution in [2.45, 2.75) is 11.3 Å². The molecule has 1 N–H and O–H groups in total. The van der Waals surface area contributed by atoms with Crippen LogP contribution in [0.4, 0.5) is 10.1 Å². The fourth-order valence-electron chi connectivity index (χ4n) is 4.33. The lowest BCUT2D eigenvalue weighted by molar-refractivity contribution is -0.126. The number of anilines is 1. The van der Waals surface area contributed by atoms with Crippen molar-refractivity contribution in [3.63, 3.8) is 0 Å². The highest BCUT2D eigenvalue weighted by Crippen LogP contribution is 2.27. The van der Waals surface area contributed by atoms with Crippen LogP contribution in [0.5, 0.6) is 5.75 Å². The summed E-state index contributed by atoms with van der Waals surface area (Å²) in [6, 6.07) is 12.0. The molecular formula is C24H29FN4O5S. The first-order valence-corrected chi connectivity index (χ1v) is 12.9. The summed E-state index contributed by atoms with van der Waals surface area (Å²) in [6.45, 7) is 3.03. The number of carbonyl (C=O) groups is 2. The van der Waals surface area contributed by atoms with Crippen molar-refractivity contribution in [2.24, 2.45) is 5.92 Å². The lowest BCUT2D eigenvalue weighted by Gasteiger charge is -2.34. The van der Waals surface area contributed by atoms with Gasteiger partial charge in [-0.15, -0.1) is 0 Å². The number of carbonyl (C=O) groups excluding carboxylic acids is 2. The summed E-state index contributed by atoms with van der Waals surface area (Å²) in [5, 5.41) is 2.91. The van der Waals surface area contributed by atoms with E-state index in [9.17, 15) is 22.4 Å². The van der Waals surface area contributed by atoms with Crippen molar-refractivity contribution in [3.05, 3.63) is 54.3 Å². The van der Waals surface area contributed by atoms with E-state index in [2.05, 4.69) is 10.2 Å². The van der Waals surface area contributed by atoms with Gasteiger partial charge in [0.25, 0.3) is 0 Å². The first-order chi connectivity index (χ1) is 16.8. The number of sulfonamides is 1. The van der Waals surface area contributed by atoms with Gasteiger partial charge in [-0.1, -0.05) is 0 Å². The minimum atomic E-state index is -3.66. The SMILES string of the molecule is COc1ccc(N2CC(C(=O)NCCN3CCN(S(=O)(=O)c4ccc(F)cc4)CC3)CC2=O)cc1. The van der Waals surface area contributed by atoms with Gasteiger partial charge in [-0.3, -0.25) is 14.5 Å². The highest BCUT2D eigenvalue weighted by Gasteiger charge is 2.35. The van der Waals surface area contributed by atoms with Crippen LogP contribution in [0.15, 0.2) is 53.4 Å². The molecule has 1 atom stereocenters. The molecule has 2 amide bonds. The van der Waals surface area contributed by atoms with Gasteiger partial charge in [0.15, 0.2) is 0 Å². The number of nitrogens with zero attached hydrogens (tertiary/aromatic N) is 3. The van der Waals surface area contributed by atoms with Crippen LogP contribution in [0.2, 0.25) is 0 Å². The van der Waals surface area contributed by atoms with E-state index in [1.807, 2.05) is 0 Å². The van der Waals surface area contributed by atoms with Crippen LogP contribution < -0.4 is 15.0 Å². The summed E-state index contributed by atoms with van der Waals surface area (Å²) in [5.41, 5.74) is 0.736. The van der Waals surface area contributed by atoms with E-state index < -0.39 is 21.8 Å². The van der Waals surface area contributed by atoms with E-state index in [-0.39, 0.29) is 23.1 Å². The zero-order chi connectivity index (χ0) is 25.0. The summed E-state index contributed by atoms with van der Waals surface area (Å²) in [4.78, 5) is 28.8. The van der Waals surface area contributed by atoms with Crippen molar-refractivity contribution in [1.82, 2.24) is 14.5 Å². The first kappa shape index (κ1) is 25.1. The highest BCUT2D eigenvalue weighted by atomic mass is 32.2. The van der Waals surface area contributed by atoms with Gasteiger partial charge in [-0.2, -0.15) is 4.31 Å². The number of amides is 2. The van der Waals surface area contributed by atoms with Gasteiger partial charge >= 0.3 is 0 Å². The van der Waals surface area contributed by atoms with Gasteiger partial charge < -0.3 is 15.0 Å². The molecule has 2 aliphatic rings. The predicted molar refractivity (Wildman–Crippen MR) is 128 cm³/mol. The molecular weight excluding hydrogens is 475 g/mol. The lowest BCUT2D eigenvalue weighted by Crippen LogP contribution is -2.50. The monoisotopic (exact) mass is 504 g/mol. The number of hydrogen-bond acceptors (Lipinski definition) is 6. The molecule has 35 heavy (non-hydrogen) atoms. The highest BCUT2D eigenvalue weighted by molar-refractivity contribution is 7.89. The fourth-order valence-corrected chi connectivity index (χ4v) is 5.75. The summed E-state index contributed by atoms with van der Waals surface area (Å²) in [5.74, 6) is -0.446. The van der Waals surface area contributed by atoms with Crippen LogP contribution >= 0.6 is 0 Å². The number of nitrogens with one attached hydrogen (secondary N) is 1. The molecule has 2 aliphatic heterocycles.